The zero-order chi connectivity index (χ0) is 16.5. The molecule has 6 nitrogen and oxygen atoms in total. The third-order valence-electron chi connectivity index (χ3n) is 5.53. The van der Waals surface area contributed by atoms with Gasteiger partial charge in [0.05, 0.1) is 22.4 Å². The van der Waals surface area contributed by atoms with E-state index in [1.807, 2.05) is 6.92 Å². The zero-order valence-corrected chi connectivity index (χ0v) is 12.9. The summed E-state index contributed by atoms with van der Waals surface area (Å²) in [6.07, 6.45) is 2.98. The fourth-order valence-corrected chi connectivity index (χ4v) is 4.46. The molecule has 1 saturated heterocycles. The van der Waals surface area contributed by atoms with Crippen LogP contribution in [-0.4, -0.2) is 16.7 Å². The van der Waals surface area contributed by atoms with Crippen LogP contribution >= 0.6 is 0 Å². The lowest BCUT2D eigenvalue weighted by Gasteiger charge is -2.19. The zero-order valence-electron chi connectivity index (χ0n) is 12.9. The van der Waals surface area contributed by atoms with E-state index in [0.29, 0.717) is 11.3 Å². The third-order valence-corrected chi connectivity index (χ3v) is 5.53. The Morgan fingerprint density at radius 1 is 1.17 bits per heavy atom. The summed E-state index contributed by atoms with van der Waals surface area (Å²) < 4.78 is 0. The summed E-state index contributed by atoms with van der Waals surface area (Å²) in [5, 5.41) is 11.1. The van der Waals surface area contributed by atoms with Crippen molar-refractivity contribution < 1.29 is 14.5 Å². The molecule has 0 aromatic heterocycles. The Bertz CT molecular complexity index is 798. The third kappa shape index (κ3) is 1.75. The smallest absolute Gasteiger partial charge is 0.274 e. The Balaban J connectivity index is 1.75. The lowest BCUT2D eigenvalue weighted by molar-refractivity contribution is -0.385. The molecule has 2 bridgehead atoms. The molecule has 0 spiro atoms. The van der Waals surface area contributed by atoms with E-state index in [1.165, 1.54) is 11.6 Å². The van der Waals surface area contributed by atoms with Crippen molar-refractivity contribution in [3.63, 3.8) is 0 Å². The van der Waals surface area contributed by atoms with Crippen molar-refractivity contribution in [1.29, 1.82) is 0 Å². The first kappa shape index (κ1) is 14.1. The van der Waals surface area contributed by atoms with Crippen molar-refractivity contribution in [2.24, 2.45) is 23.7 Å². The van der Waals surface area contributed by atoms with Gasteiger partial charge in [-0.1, -0.05) is 17.7 Å². The van der Waals surface area contributed by atoms with Gasteiger partial charge >= 0.3 is 0 Å². The van der Waals surface area contributed by atoms with Gasteiger partial charge < -0.3 is 0 Å². The largest absolute Gasteiger partial charge is 0.274 e. The van der Waals surface area contributed by atoms with Crippen LogP contribution in [-0.2, 0) is 9.59 Å². The lowest BCUT2D eigenvalue weighted by Crippen LogP contribution is -2.33. The molecule has 2 amide bonds. The molecule has 23 heavy (non-hydrogen) atoms. The number of nitro groups is 1. The van der Waals surface area contributed by atoms with Crippen LogP contribution in [0.5, 0.6) is 0 Å². The number of benzene rings is 1. The van der Waals surface area contributed by atoms with Gasteiger partial charge in [-0.05, 0) is 38.2 Å². The fourth-order valence-electron chi connectivity index (χ4n) is 4.46. The highest BCUT2D eigenvalue weighted by Gasteiger charge is 2.61. The number of carbonyl (C=O) groups is 2. The molecule has 0 radical (unpaired) electrons. The SMILES string of the molecule is CC1=C[C@H]2C[C@H]1[C@@H]1C(=O)N(c3ccc(C)c([N+](=O)[O-])c3)C(=O)[C@H]12. The van der Waals surface area contributed by atoms with Crippen LogP contribution in [0.4, 0.5) is 11.4 Å². The summed E-state index contributed by atoms with van der Waals surface area (Å²) in [6.45, 7) is 3.65. The summed E-state index contributed by atoms with van der Waals surface area (Å²) in [5.74, 6) is -0.735. The quantitative estimate of drug-likeness (QED) is 0.364. The van der Waals surface area contributed by atoms with Crippen LogP contribution < -0.4 is 4.90 Å². The van der Waals surface area contributed by atoms with Crippen LogP contribution in [0.2, 0.25) is 0 Å². The summed E-state index contributed by atoms with van der Waals surface area (Å²) in [4.78, 5) is 37.4. The molecular formula is C17H16N2O4. The van der Waals surface area contributed by atoms with Gasteiger partial charge in [0.2, 0.25) is 11.8 Å². The molecule has 1 heterocycles. The van der Waals surface area contributed by atoms with E-state index in [2.05, 4.69) is 6.08 Å². The molecule has 0 unspecified atom stereocenters. The average Bonchev–Trinajstić information content (AvgIpc) is 3.11. The number of nitro benzene ring substituents is 1. The topological polar surface area (TPSA) is 80.5 Å². The van der Waals surface area contributed by atoms with E-state index >= 15 is 0 Å². The van der Waals surface area contributed by atoms with Crippen molar-refractivity contribution in [1.82, 2.24) is 0 Å². The highest BCUT2D eigenvalue weighted by atomic mass is 16.6. The van der Waals surface area contributed by atoms with Crippen molar-refractivity contribution in [2.45, 2.75) is 20.3 Å². The number of anilines is 1. The average molecular weight is 312 g/mol. The van der Waals surface area contributed by atoms with Crippen LogP contribution in [0.15, 0.2) is 29.8 Å². The lowest BCUT2D eigenvalue weighted by atomic mass is 9.82. The van der Waals surface area contributed by atoms with E-state index in [-0.39, 0.29) is 41.2 Å². The predicted molar refractivity (Wildman–Crippen MR) is 82.7 cm³/mol. The first-order valence-electron chi connectivity index (χ1n) is 7.71. The predicted octanol–water partition coefficient (Wildman–Crippen LogP) is 2.60. The van der Waals surface area contributed by atoms with E-state index < -0.39 is 4.92 Å². The van der Waals surface area contributed by atoms with Gasteiger partial charge in [-0.25, -0.2) is 4.90 Å². The number of aryl methyl sites for hydroxylation is 1. The molecule has 1 aromatic carbocycles. The number of nitrogens with zero attached hydrogens (tertiary/aromatic N) is 2. The Kier molecular flexibility index (Phi) is 2.76. The molecule has 118 valence electrons. The van der Waals surface area contributed by atoms with E-state index in [9.17, 15) is 19.7 Å². The van der Waals surface area contributed by atoms with Gasteiger partial charge in [-0.3, -0.25) is 19.7 Å². The van der Waals surface area contributed by atoms with Gasteiger partial charge in [0.15, 0.2) is 0 Å². The monoisotopic (exact) mass is 312 g/mol. The Morgan fingerprint density at radius 3 is 2.57 bits per heavy atom. The maximum atomic E-state index is 12.8. The van der Waals surface area contributed by atoms with E-state index in [4.69, 9.17) is 0 Å². The summed E-state index contributed by atoms with van der Waals surface area (Å²) in [7, 11) is 0. The Morgan fingerprint density at radius 2 is 1.87 bits per heavy atom. The van der Waals surface area contributed by atoms with Crippen molar-refractivity contribution in [2.75, 3.05) is 4.90 Å². The summed E-state index contributed by atoms with van der Waals surface area (Å²) >= 11 is 0. The second-order valence-electron chi connectivity index (χ2n) is 6.71. The van der Waals surface area contributed by atoms with Crippen LogP contribution in [0, 0.1) is 40.7 Å². The first-order valence-corrected chi connectivity index (χ1v) is 7.71. The maximum Gasteiger partial charge on any atom is 0.274 e. The number of carbonyl (C=O) groups excluding carboxylic acids is 2. The van der Waals surface area contributed by atoms with Gasteiger partial charge in [0.1, 0.15) is 0 Å². The minimum Gasteiger partial charge on any atom is -0.274 e. The fraction of sp³-hybridized carbons (Fsp3) is 0.412. The minimum atomic E-state index is -0.486. The van der Waals surface area contributed by atoms with Crippen LogP contribution in [0.1, 0.15) is 18.9 Å². The first-order chi connectivity index (χ1) is 10.9. The molecule has 1 saturated carbocycles. The van der Waals surface area contributed by atoms with Gasteiger partial charge in [-0.2, -0.15) is 0 Å². The maximum absolute atomic E-state index is 12.8. The molecule has 0 N–H and O–H groups in total. The van der Waals surface area contributed by atoms with Gasteiger partial charge in [-0.15, -0.1) is 0 Å². The molecule has 3 aliphatic rings. The second kappa shape index (κ2) is 4.50. The van der Waals surface area contributed by atoms with Crippen molar-refractivity contribution in [3.8, 4) is 0 Å². The molecule has 4 atom stereocenters. The number of hydrogen-bond acceptors (Lipinski definition) is 4. The second-order valence-corrected chi connectivity index (χ2v) is 6.71. The highest BCUT2D eigenvalue weighted by molar-refractivity contribution is 6.23. The molecule has 2 fully saturated rings. The van der Waals surface area contributed by atoms with Crippen molar-refractivity contribution in [3.05, 3.63) is 45.5 Å². The summed E-state index contributed by atoms with van der Waals surface area (Å²) in [5.41, 5.74) is 1.94. The molecule has 1 aromatic rings. The number of imide groups is 1. The number of fused-ring (bicyclic) bond motifs is 5. The molecule has 6 heteroatoms. The molecular weight excluding hydrogens is 296 g/mol. The van der Waals surface area contributed by atoms with Gasteiger partial charge in [0.25, 0.3) is 5.69 Å². The number of hydrogen-bond donors (Lipinski definition) is 0. The molecule has 2 aliphatic carbocycles. The summed E-state index contributed by atoms with van der Waals surface area (Å²) in [6, 6.07) is 4.52. The standard InChI is InChI=1S/C17H16N2O4/c1-8-3-4-11(7-13(8)19(22)23)18-16(20)14-10-5-9(2)12(6-10)15(14)17(18)21/h3-5,7,10,12,14-15H,6H2,1-2H3/t10-,12+,14-,15-/m0/s1. The number of rotatable bonds is 2. The molecule has 1 aliphatic heterocycles. The van der Waals surface area contributed by atoms with E-state index in [1.54, 1.807) is 19.1 Å². The normalized spacial score (nSPS) is 31.6. The van der Waals surface area contributed by atoms with Crippen molar-refractivity contribution >= 4 is 23.2 Å². The van der Waals surface area contributed by atoms with Crippen LogP contribution in [0.25, 0.3) is 0 Å². The Labute approximate surface area is 132 Å². The number of allylic oxidation sites excluding steroid dienone is 2. The van der Waals surface area contributed by atoms with E-state index in [0.717, 1.165) is 11.3 Å². The number of amides is 2. The molecule has 4 rings (SSSR count). The van der Waals surface area contributed by atoms with Gasteiger partial charge in [0, 0.05) is 11.6 Å². The van der Waals surface area contributed by atoms with Crippen LogP contribution in [0.3, 0.4) is 0 Å². The Hall–Kier alpha value is -2.50. The minimum absolute atomic E-state index is 0.0718. The highest BCUT2D eigenvalue weighted by Crippen LogP contribution is 2.56.